The highest BCUT2D eigenvalue weighted by Gasteiger charge is 2.29. The molecule has 1 saturated heterocycles. The van der Waals surface area contributed by atoms with Crippen molar-refractivity contribution in [1.82, 2.24) is 10.2 Å². The van der Waals surface area contributed by atoms with E-state index >= 15 is 0 Å². The highest BCUT2D eigenvalue weighted by Crippen LogP contribution is 2.33. The molecule has 1 aliphatic heterocycles. The maximum atomic E-state index is 12.6. The Hall–Kier alpha value is -1.36. The molecule has 142 valence electrons. The van der Waals surface area contributed by atoms with Crippen LogP contribution < -0.4 is 5.32 Å². The van der Waals surface area contributed by atoms with Gasteiger partial charge < -0.3 is 10.2 Å². The van der Waals surface area contributed by atoms with Gasteiger partial charge in [-0.2, -0.15) is 0 Å². The van der Waals surface area contributed by atoms with Crippen LogP contribution in [0.25, 0.3) is 0 Å². The number of nitrogens with one attached hydrogen (secondary N) is 1. The largest absolute Gasteiger partial charge is 0.356 e. The summed E-state index contributed by atoms with van der Waals surface area (Å²) in [5.74, 6) is 1.17. The molecular formula is C21H30N2O2S. The summed E-state index contributed by atoms with van der Waals surface area (Å²) in [6.45, 7) is 2.64. The van der Waals surface area contributed by atoms with Crippen LogP contribution in [-0.2, 0) is 17.6 Å². The Bertz CT molecular complexity index is 657. The number of hydrogen-bond donors (Lipinski definition) is 1. The first-order valence-electron chi connectivity index (χ1n) is 10.4. The number of amides is 2. The van der Waals surface area contributed by atoms with Gasteiger partial charge in [0.1, 0.15) is 0 Å². The minimum atomic E-state index is 0.0791. The maximum absolute atomic E-state index is 12.6. The van der Waals surface area contributed by atoms with Gasteiger partial charge in [0.25, 0.3) is 5.91 Å². The van der Waals surface area contributed by atoms with Gasteiger partial charge in [0.05, 0.1) is 4.88 Å². The Kier molecular flexibility index (Phi) is 5.63. The molecule has 0 bridgehead atoms. The quantitative estimate of drug-likeness (QED) is 0.872. The van der Waals surface area contributed by atoms with Gasteiger partial charge in [-0.3, -0.25) is 9.59 Å². The summed E-state index contributed by atoms with van der Waals surface area (Å²) in [7, 11) is 0. The molecule has 0 unspecified atom stereocenters. The summed E-state index contributed by atoms with van der Waals surface area (Å²) in [5.41, 5.74) is 1.24. The molecule has 0 radical (unpaired) electrons. The fourth-order valence-corrected chi connectivity index (χ4v) is 5.89. The molecule has 0 aromatic carbocycles. The maximum Gasteiger partial charge on any atom is 0.263 e. The first-order chi connectivity index (χ1) is 12.7. The highest BCUT2D eigenvalue weighted by atomic mass is 32.1. The van der Waals surface area contributed by atoms with Crippen LogP contribution >= 0.6 is 11.3 Å². The van der Waals surface area contributed by atoms with Crippen molar-refractivity contribution in [3.05, 3.63) is 21.4 Å². The van der Waals surface area contributed by atoms with Gasteiger partial charge in [-0.1, -0.05) is 19.3 Å². The number of carbonyl (C=O) groups excluding carboxylic acids is 2. The van der Waals surface area contributed by atoms with Crippen LogP contribution in [0.5, 0.6) is 0 Å². The zero-order valence-electron chi connectivity index (χ0n) is 15.6. The average molecular weight is 375 g/mol. The summed E-state index contributed by atoms with van der Waals surface area (Å²) in [4.78, 5) is 29.4. The number of carbonyl (C=O) groups is 2. The van der Waals surface area contributed by atoms with Gasteiger partial charge in [0, 0.05) is 30.4 Å². The van der Waals surface area contributed by atoms with Crippen molar-refractivity contribution in [1.29, 1.82) is 0 Å². The summed E-state index contributed by atoms with van der Waals surface area (Å²) >= 11 is 1.66. The number of aryl methyl sites for hydroxylation is 1. The Morgan fingerprint density at radius 1 is 1.08 bits per heavy atom. The fourth-order valence-electron chi connectivity index (χ4n) is 4.71. The number of fused-ring (bicyclic) bond motifs is 1. The van der Waals surface area contributed by atoms with E-state index in [1.54, 1.807) is 11.3 Å². The van der Waals surface area contributed by atoms with Gasteiger partial charge in [-0.05, 0) is 62.5 Å². The third kappa shape index (κ3) is 3.98. The number of likely N-dealkylation sites (tertiary alicyclic amines) is 1. The molecular weight excluding hydrogens is 344 g/mol. The van der Waals surface area contributed by atoms with E-state index in [4.69, 9.17) is 0 Å². The number of hydrogen-bond acceptors (Lipinski definition) is 3. The van der Waals surface area contributed by atoms with E-state index in [1.807, 2.05) is 4.90 Å². The topological polar surface area (TPSA) is 49.4 Å². The van der Waals surface area contributed by atoms with E-state index in [2.05, 4.69) is 11.4 Å². The van der Waals surface area contributed by atoms with E-state index < -0.39 is 0 Å². The molecule has 5 heteroatoms. The number of nitrogens with zero attached hydrogens (tertiary/aromatic N) is 1. The zero-order valence-corrected chi connectivity index (χ0v) is 16.4. The fraction of sp³-hybridized carbons (Fsp3) is 0.714. The second-order valence-corrected chi connectivity index (χ2v) is 9.38. The van der Waals surface area contributed by atoms with Crippen LogP contribution in [0.2, 0.25) is 0 Å². The van der Waals surface area contributed by atoms with Crippen molar-refractivity contribution in [2.75, 3.05) is 19.6 Å². The first-order valence-corrected chi connectivity index (χ1v) is 11.2. The summed E-state index contributed by atoms with van der Waals surface area (Å²) in [6.07, 6.45) is 11.4. The van der Waals surface area contributed by atoms with Crippen molar-refractivity contribution < 1.29 is 9.59 Å². The van der Waals surface area contributed by atoms with E-state index in [0.29, 0.717) is 5.92 Å². The molecule has 0 spiro atoms. The minimum Gasteiger partial charge on any atom is -0.356 e. The minimum absolute atomic E-state index is 0.0791. The lowest BCUT2D eigenvalue weighted by atomic mass is 9.86. The van der Waals surface area contributed by atoms with Crippen molar-refractivity contribution in [3.8, 4) is 0 Å². The lowest BCUT2D eigenvalue weighted by Gasteiger charge is -2.25. The van der Waals surface area contributed by atoms with Gasteiger partial charge in [-0.15, -0.1) is 11.3 Å². The molecule has 3 aliphatic rings. The number of thiophene rings is 1. The SMILES string of the molecule is O=C(NCC1CCCCC1)[C@H]1CCc2sc(C(=O)N3CCCC3)cc2C1. The van der Waals surface area contributed by atoms with E-state index in [9.17, 15) is 9.59 Å². The lowest BCUT2D eigenvalue weighted by molar-refractivity contribution is -0.125. The second-order valence-electron chi connectivity index (χ2n) is 8.25. The molecule has 1 aromatic heterocycles. The van der Waals surface area contributed by atoms with Crippen LogP contribution in [0.4, 0.5) is 0 Å². The van der Waals surface area contributed by atoms with Crippen LogP contribution in [-0.4, -0.2) is 36.3 Å². The third-order valence-electron chi connectivity index (χ3n) is 6.35. The smallest absolute Gasteiger partial charge is 0.263 e. The molecule has 4 nitrogen and oxygen atoms in total. The van der Waals surface area contributed by atoms with E-state index in [1.165, 1.54) is 42.5 Å². The van der Waals surface area contributed by atoms with Crippen molar-refractivity contribution in [3.63, 3.8) is 0 Å². The summed E-state index contributed by atoms with van der Waals surface area (Å²) in [6, 6.07) is 2.07. The Labute approximate surface area is 160 Å². The van der Waals surface area contributed by atoms with E-state index in [0.717, 1.165) is 56.6 Å². The van der Waals surface area contributed by atoms with Crippen LogP contribution in [0.3, 0.4) is 0 Å². The van der Waals surface area contributed by atoms with E-state index in [-0.39, 0.29) is 17.7 Å². The zero-order chi connectivity index (χ0) is 17.9. The molecule has 2 heterocycles. The monoisotopic (exact) mass is 374 g/mol. The molecule has 2 aliphatic carbocycles. The molecule has 26 heavy (non-hydrogen) atoms. The average Bonchev–Trinajstić information content (AvgIpc) is 3.35. The molecule has 1 N–H and O–H groups in total. The lowest BCUT2D eigenvalue weighted by Crippen LogP contribution is -2.37. The Balaban J connectivity index is 1.33. The molecule has 1 atom stereocenters. The van der Waals surface area contributed by atoms with Crippen LogP contribution in [0, 0.1) is 11.8 Å². The summed E-state index contributed by atoms with van der Waals surface area (Å²) in [5, 5.41) is 3.22. The predicted octanol–water partition coefficient (Wildman–Crippen LogP) is 3.79. The Morgan fingerprint density at radius 2 is 1.85 bits per heavy atom. The predicted molar refractivity (Wildman–Crippen MR) is 105 cm³/mol. The van der Waals surface area contributed by atoms with Crippen LogP contribution in [0.1, 0.15) is 71.5 Å². The normalized spacial score (nSPS) is 23.7. The van der Waals surface area contributed by atoms with Crippen molar-refractivity contribution >= 4 is 23.2 Å². The first kappa shape index (κ1) is 18.0. The molecule has 4 rings (SSSR count). The Morgan fingerprint density at radius 3 is 2.62 bits per heavy atom. The van der Waals surface area contributed by atoms with Gasteiger partial charge >= 0.3 is 0 Å². The number of rotatable bonds is 4. The molecule has 2 fully saturated rings. The second kappa shape index (κ2) is 8.12. The molecule has 1 aromatic rings. The highest BCUT2D eigenvalue weighted by molar-refractivity contribution is 7.14. The summed E-state index contributed by atoms with van der Waals surface area (Å²) < 4.78 is 0. The van der Waals surface area contributed by atoms with Crippen LogP contribution in [0.15, 0.2) is 6.07 Å². The van der Waals surface area contributed by atoms with Crippen molar-refractivity contribution in [2.24, 2.45) is 11.8 Å². The standard InChI is InChI=1S/C21H30N2O2S/c24-20(22-14-15-6-2-1-3-7-15)16-8-9-18-17(12-16)13-19(26-18)21(25)23-10-4-5-11-23/h13,15-16H,1-12,14H2,(H,22,24)/t16-/m0/s1. The van der Waals surface area contributed by atoms with Crippen molar-refractivity contribution in [2.45, 2.75) is 64.2 Å². The van der Waals surface area contributed by atoms with Gasteiger partial charge in [-0.25, -0.2) is 0 Å². The third-order valence-corrected chi connectivity index (χ3v) is 7.57. The van der Waals surface area contributed by atoms with Gasteiger partial charge in [0.2, 0.25) is 5.91 Å². The van der Waals surface area contributed by atoms with Gasteiger partial charge in [0.15, 0.2) is 0 Å². The molecule has 1 saturated carbocycles. The molecule has 2 amide bonds.